The Balaban J connectivity index is 1.85. The molecule has 1 atom stereocenters. The summed E-state index contributed by atoms with van der Waals surface area (Å²) >= 11 is 0. The molecule has 1 fully saturated rings. The molecule has 0 aromatic heterocycles. The van der Waals surface area contributed by atoms with Crippen LogP contribution in [0.2, 0.25) is 0 Å². The molecule has 0 heterocycles. The standard InChI is InChI=1S/C26H32O4/c1-4-19(3)20-9-11-21(12-10-20)26(17-7-6-8-18-26)22-13-15-23(16-14-22)30-25(28)24(27)29-5-2/h9-16,19H,4-8,17-18H2,1-3H3. The molecule has 1 aliphatic rings. The van der Waals surface area contributed by atoms with Crippen LogP contribution in [-0.2, 0) is 19.7 Å². The van der Waals surface area contributed by atoms with Gasteiger partial charge in [-0.05, 0) is 60.9 Å². The first-order valence-electron chi connectivity index (χ1n) is 11.1. The first-order valence-corrected chi connectivity index (χ1v) is 11.1. The molecule has 160 valence electrons. The average molecular weight is 409 g/mol. The van der Waals surface area contributed by atoms with Crippen LogP contribution in [0.5, 0.6) is 5.75 Å². The molecule has 1 saturated carbocycles. The number of carbonyl (C=O) groups is 2. The number of carbonyl (C=O) groups excluding carboxylic acids is 2. The lowest BCUT2D eigenvalue weighted by Gasteiger charge is -2.39. The predicted molar refractivity (Wildman–Crippen MR) is 118 cm³/mol. The highest BCUT2D eigenvalue weighted by molar-refractivity contribution is 6.30. The van der Waals surface area contributed by atoms with E-state index >= 15 is 0 Å². The van der Waals surface area contributed by atoms with E-state index in [2.05, 4.69) is 42.8 Å². The molecule has 0 amide bonds. The van der Waals surface area contributed by atoms with Gasteiger partial charge in [0.15, 0.2) is 0 Å². The van der Waals surface area contributed by atoms with Gasteiger partial charge in [0.05, 0.1) is 6.61 Å². The van der Waals surface area contributed by atoms with Gasteiger partial charge in [-0.3, -0.25) is 0 Å². The molecule has 1 unspecified atom stereocenters. The maximum atomic E-state index is 11.8. The summed E-state index contributed by atoms with van der Waals surface area (Å²) in [6.07, 6.45) is 7.02. The van der Waals surface area contributed by atoms with Crippen LogP contribution in [0.4, 0.5) is 0 Å². The lowest BCUT2D eigenvalue weighted by Crippen LogP contribution is -2.30. The normalized spacial score (nSPS) is 16.5. The van der Waals surface area contributed by atoms with Gasteiger partial charge in [-0.1, -0.05) is 69.5 Å². The second-order valence-corrected chi connectivity index (χ2v) is 8.21. The number of rotatable bonds is 6. The van der Waals surface area contributed by atoms with Gasteiger partial charge in [-0.2, -0.15) is 0 Å². The van der Waals surface area contributed by atoms with Crippen LogP contribution in [0, 0.1) is 0 Å². The van der Waals surface area contributed by atoms with E-state index in [0.29, 0.717) is 11.7 Å². The van der Waals surface area contributed by atoms with Gasteiger partial charge >= 0.3 is 11.9 Å². The number of esters is 2. The van der Waals surface area contributed by atoms with Crippen LogP contribution < -0.4 is 4.74 Å². The third kappa shape index (κ3) is 4.75. The van der Waals surface area contributed by atoms with Crippen molar-refractivity contribution in [2.75, 3.05) is 6.61 Å². The zero-order valence-electron chi connectivity index (χ0n) is 18.3. The number of ether oxygens (including phenoxy) is 2. The molecule has 3 rings (SSSR count). The topological polar surface area (TPSA) is 52.6 Å². The van der Waals surface area contributed by atoms with Crippen molar-refractivity contribution in [3.63, 3.8) is 0 Å². The second kappa shape index (κ2) is 9.92. The second-order valence-electron chi connectivity index (χ2n) is 8.21. The summed E-state index contributed by atoms with van der Waals surface area (Å²) in [7, 11) is 0. The Kier molecular flexibility index (Phi) is 7.30. The summed E-state index contributed by atoms with van der Waals surface area (Å²) in [4.78, 5) is 23.3. The minimum Gasteiger partial charge on any atom is -0.458 e. The number of hydrogen-bond donors (Lipinski definition) is 0. The molecule has 0 radical (unpaired) electrons. The van der Waals surface area contributed by atoms with Gasteiger partial charge in [0.1, 0.15) is 5.75 Å². The first-order chi connectivity index (χ1) is 14.5. The van der Waals surface area contributed by atoms with E-state index in [1.165, 1.54) is 36.0 Å². The van der Waals surface area contributed by atoms with Crippen molar-refractivity contribution in [3.8, 4) is 5.75 Å². The molecule has 1 aliphatic carbocycles. The zero-order valence-corrected chi connectivity index (χ0v) is 18.3. The Morgan fingerprint density at radius 2 is 1.43 bits per heavy atom. The Hall–Kier alpha value is -2.62. The van der Waals surface area contributed by atoms with Gasteiger partial charge in [0.25, 0.3) is 0 Å². The van der Waals surface area contributed by atoms with E-state index < -0.39 is 11.9 Å². The van der Waals surface area contributed by atoms with Gasteiger partial charge in [0.2, 0.25) is 0 Å². The highest BCUT2D eigenvalue weighted by Crippen LogP contribution is 2.45. The summed E-state index contributed by atoms with van der Waals surface area (Å²) < 4.78 is 9.84. The van der Waals surface area contributed by atoms with Gasteiger partial charge < -0.3 is 9.47 Å². The Morgan fingerprint density at radius 1 is 0.867 bits per heavy atom. The molecule has 2 aromatic rings. The van der Waals surface area contributed by atoms with Crippen LogP contribution in [0.25, 0.3) is 0 Å². The average Bonchev–Trinajstić information content (AvgIpc) is 2.79. The molecule has 0 spiro atoms. The number of benzene rings is 2. The minimum atomic E-state index is -0.988. The van der Waals surface area contributed by atoms with Crippen molar-refractivity contribution in [3.05, 3.63) is 65.2 Å². The van der Waals surface area contributed by atoms with Crippen LogP contribution in [0.1, 0.15) is 81.9 Å². The fraction of sp³-hybridized carbons (Fsp3) is 0.462. The van der Waals surface area contributed by atoms with Crippen molar-refractivity contribution in [2.45, 2.75) is 70.6 Å². The Labute approximate surface area is 179 Å². The molecule has 0 saturated heterocycles. The lowest BCUT2D eigenvalue weighted by atomic mass is 9.65. The van der Waals surface area contributed by atoms with Crippen molar-refractivity contribution in [2.24, 2.45) is 0 Å². The van der Waals surface area contributed by atoms with Crippen molar-refractivity contribution in [1.82, 2.24) is 0 Å². The van der Waals surface area contributed by atoms with Crippen LogP contribution in [0.3, 0.4) is 0 Å². The lowest BCUT2D eigenvalue weighted by molar-refractivity contribution is -0.161. The quantitative estimate of drug-likeness (QED) is 0.338. The summed E-state index contributed by atoms with van der Waals surface area (Å²) in [5, 5.41) is 0. The van der Waals surface area contributed by atoms with Crippen LogP contribution in [0.15, 0.2) is 48.5 Å². The molecule has 2 aromatic carbocycles. The largest absolute Gasteiger partial charge is 0.458 e. The smallest absolute Gasteiger partial charge is 0.422 e. The molecular formula is C26H32O4. The summed E-state index contributed by atoms with van der Waals surface area (Å²) in [5.41, 5.74) is 3.95. The summed E-state index contributed by atoms with van der Waals surface area (Å²) in [6.45, 7) is 6.28. The fourth-order valence-electron chi connectivity index (χ4n) is 4.45. The van der Waals surface area contributed by atoms with Crippen LogP contribution in [-0.4, -0.2) is 18.5 Å². The maximum absolute atomic E-state index is 11.8. The van der Waals surface area contributed by atoms with E-state index in [1.807, 2.05) is 12.1 Å². The third-order valence-corrected chi connectivity index (χ3v) is 6.41. The highest BCUT2D eigenvalue weighted by atomic mass is 16.6. The van der Waals surface area contributed by atoms with E-state index in [-0.39, 0.29) is 12.0 Å². The van der Waals surface area contributed by atoms with Crippen molar-refractivity contribution in [1.29, 1.82) is 0 Å². The molecule has 0 bridgehead atoms. The molecule has 30 heavy (non-hydrogen) atoms. The van der Waals surface area contributed by atoms with E-state index in [4.69, 9.17) is 4.74 Å². The van der Waals surface area contributed by atoms with Gasteiger partial charge in [-0.25, -0.2) is 9.59 Å². The Morgan fingerprint density at radius 3 is 1.97 bits per heavy atom. The minimum absolute atomic E-state index is 0.0179. The molecule has 0 aliphatic heterocycles. The third-order valence-electron chi connectivity index (χ3n) is 6.41. The van der Waals surface area contributed by atoms with Gasteiger partial charge in [0, 0.05) is 5.41 Å². The summed E-state index contributed by atoms with van der Waals surface area (Å²) in [6, 6.07) is 16.7. The zero-order chi connectivity index (χ0) is 21.6. The molecule has 0 N–H and O–H groups in total. The summed E-state index contributed by atoms with van der Waals surface area (Å²) in [5.74, 6) is -1.03. The van der Waals surface area contributed by atoms with E-state index in [9.17, 15) is 9.59 Å². The highest BCUT2D eigenvalue weighted by Gasteiger charge is 2.35. The molecule has 4 nitrogen and oxygen atoms in total. The molecule has 4 heteroatoms. The van der Waals surface area contributed by atoms with E-state index in [1.54, 1.807) is 19.1 Å². The Bertz CT molecular complexity index is 846. The predicted octanol–water partition coefficient (Wildman–Crippen LogP) is 5.92. The SMILES string of the molecule is CCOC(=O)C(=O)Oc1ccc(C2(c3ccc(C(C)CC)cc3)CCCCC2)cc1. The fourth-order valence-corrected chi connectivity index (χ4v) is 4.45. The monoisotopic (exact) mass is 408 g/mol. The first kappa shape index (κ1) is 22.1. The number of hydrogen-bond acceptors (Lipinski definition) is 4. The van der Waals surface area contributed by atoms with E-state index in [0.717, 1.165) is 19.3 Å². The van der Waals surface area contributed by atoms with Crippen molar-refractivity contribution >= 4 is 11.9 Å². The van der Waals surface area contributed by atoms with Crippen LogP contribution >= 0.6 is 0 Å². The van der Waals surface area contributed by atoms with Gasteiger partial charge in [-0.15, -0.1) is 0 Å². The maximum Gasteiger partial charge on any atom is 0.422 e. The van der Waals surface area contributed by atoms with Crippen molar-refractivity contribution < 1.29 is 19.1 Å². The molecular weight excluding hydrogens is 376 g/mol.